The summed E-state index contributed by atoms with van der Waals surface area (Å²) < 4.78 is 11.2. The number of ether oxygens (including phenoxy) is 2. The number of carbonyl (C=O) groups is 1. The van der Waals surface area contributed by atoms with Crippen LogP contribution in [0.1, 0.15) is 26.2 Å². The molecule has 5 nitrogen and oxygen atoms in total. The van der Waals surface area contributed by atoms with E-state index in [1.807, 2.05) is 6.92 Å². The second-order valence-electron chi connectivity index (χ2n) is 5.04. The molecule has 22 heavy (non-hydrogen) atoms. The van der Waals surface area contributed by atoms with Gasteiger partial charge in [0, 0.05) is 11.6 Å². The maximum Gasteiger partial charge on any atom is 0.253 e. The van der Waals surface area contributed by atoms with Crippen molar-refractivity contribution in [3.63, 3.8) is 0 Å². The molecule has 1 amide bonds. The lowest BCUT2D eigenvalue weighted by Gasteiger charge is -2.15. The zero-order valence-electron chi connectivity index (χ0n) is 12.5. The number of nitrogens with one attached hydrogen (secondary N) is 1. The molecule has 1 saturated heterocycles. The number of hydrogen-bond donors (Lipinski definition) is 2. The minimum absolute atomic E-state index is 0. The fourth-order valence-corrected chi connectivity index (χ4v) is 2.40. The van der Waals surface area contributed by atoms with Crippen LogP contribution in [-0.2, 0) is 9.53 Å². The number of carbonyl (C=O) groups excluding carboxylic acids is 1. The Balaban J connectivity index is 0.00000242. The van der Waals surface area contributed by atoms with E-state index in [0.717, 1.165) is 12.8 Å². The normalized spacial score (nSPS) is 20.3. The highest BCUT2D eigenvalue weighted by Gasteiger charge is 2.30. The van der Waals surface area contributed by atoms with Gasteiger partial charge in [-0.15, -0.1) is 12.4 Å². The van der Waals surface area contributed by atoms with Crippen molar-refractivity contribution in [2.75, 3.05) is 18.5 Å². The molecule has 0 aliphatic carbocycles. The van der Waals surface area contributed by atoms with Crippen LogP contribution in [0.3, 0.4) is 0 Å². The molecule has 1 heterocycles. The van der Waals surface area contributed by atoms with E-state index in [9.17, 15) is 4.79 Å². The van der Waals surface area contributed by atoms with Gasteiger partial charge in [0.25, 0.3) is 5.91 Å². The Hall–Kier alpha value is -1.01. The second kappa shape index (κ2) is 9.20. The van der Waals surface area contributed by atoms with Crippen molar-refractivity contribution >= 4 is 35.6 Å². The Morgan fingerprint density at radius 3 is 2.91 bits per heavy atom. The molecule has 2 rings (SSSR count). The molecule has 1 fully saturated rings. The Labute approximate surface area is 141 Å². The van der Waals surface area contributed by atoms with E-state index in [4.69, 9.17) is 26.8 Å². The molecule has 0 saturated carbocycles. The Kier molecular flexibility index (Phi) is 7.96. The third-order valence-electron chi connectivity index (χ3n) is 3.32. The first kappa shape index (κ1) is 19.0. The van der Waals surface area contributed by atoms with Crippen LogP contribution in [0.4, 0.5) is 5.69 Å². The topological polar surface area (TPSA) is 73.6 Å². The molecule has 1 aromatic rings. The van der Waals surface area contributed by atoms with Crippen LogP contribution in [0.5, 0.6) is 5.75 Å². The van der Waals surface area contributed by atoms with Crippen LogP contribution < -0.4 is 15.8 Å². The van der Waals surface area contributed by atoms with Crippen molar-refractivity contribution in [1.82, 2.24) is 0 Å². The van der Waals surface area contributed by atoms with Gasteiger partial charge < -0.3 is 20.5 Å². The smallest absolute Gasteiger partial charge is 0.253 e. The van der Waals surface area contributed by atoms with Gasteiger partial charge in [-0.25, -0.2) is 0 Å². The first-order chi connectivity index (χ1) is 10.1. The van der Waals surface area contributed by atoms with Crippen LogP contribution in [0.2, 0.25) is 5.02 Å². The average molecular weight is 349 g/mol. The molecule has 7 heteroatoms. The molecule has 0 spiro atoms. The van der Waals surface area contributed by atoms with Crippen LogP contribution >= 0.6 is 24.0 Å². The van der Waals surface area contributed by atoms with E-state index in [1.54, 1.807) is 18.2 Å². The van der Waals surface area contributed by atoms with Gasteiger partial charge in [0.2, 0.25) is 0 Å². The summed E-state index contributed by atoms with van der Waals surface area (Å²) in [6.07, 6.45) is 1.88. The van der Waals surface area contributed by atoms with Crippen molar-refractivity contribution in [2.24, 2.45) is 5.73 Å². The second-order valence-corrected chi connectivity index (χ2v) is 5.47. The van der Waals surface area contributed by atoms with Gasteiger partial charge in [0.15, 0.2) is 0 Å². The molecule has 1 aromatic carbocycles. The lowest BCUT2D eigenvalue weighted by Crippen LogP contribution is -2.30. The zero-order chi connectivity index (χ0) is 15.2. The standard InChI is InChI=1S/C15H21ClN2O3.ClH/c1-2-7-20-13-5-3-10(16)8-12(13)18-15(19)14-6-4-11(9-17)21-14;/h3,5,8,11,14H,2,4,6-7,9,17H2,1H3,(H,18,19);1H/t11-,14+;/m1./s1. The van der Waals surface area contributed by atoms with Gasteiger partial charge in [0.05, 0.1) is 18.4 Å². The number of benzene rings is 1. The monoisotopic (exact) mass is 348 g/mol. The highest BCUT2D eigenvalue weighted by atomic mass is 35.5. The molecule has 0 bridgehead atoms. The fourth-order valence-electron chi connectivity index (χ4n) is 2.22. The molecule has 3 N–H and O–H groups in total. The number of amides is 1. The van der Waals surface area contributed by atoms with Crippen LogP contribution in [-0.4, -0.2) is 31.3 Å². The Bertz CT molecular complexity index is 500. The highest BCUT2D eigenvalue weighted by molar-refractivity contribution is 6.31. The number of halogens is 2. The maximum absolute atomic E-state index is 12.2. The molecule has 124 valence electrons. The van der Waals surface area contributed by atoms with Gasteiger partial charge in [0.1, 0.15) is 11.9 Å². The van der Waals surface area contributed by atoms with Crippen molar-refractivity contribution in [1.29, 1.82) is 0 Å². The molecular weight excluding hydrogens is 327 g/mol. The van der Waals surface area contributed by atoms with Gasteiger partial charge in [-0.1, -0.05) is 18.5 Å². The number of hydrogen-bond acceptors (Lipinski definition) is 4. The minimum Gasteiger partial charge on any atom is -0.491 e. The van der Waals surface area contributed by atoms with Gasteiger partial charge >= 0.3 is 0 Å². The summed E-state index contributed by atoms with van der Waals surface area (Å²) in [5.41, 5.74) is 6.12. The predicted molar refractivity (Wildman–Crippen MR) is 90.1 cm³/mol. The molecule has 1 aliphatic heterocycles. The average Bonchev–Trinajstić information content (AvgIpc) is 2.95. The molecule has 1 aliphatic rings. The van der Waals surface area contributed by atoms with E-state index < -0.39 is 6.10 Å². The van der Waals surface area contributed by atoms with Crippen LogP contribution in [0.25, 0.3) is 0 Å². The summed E-state index contributed by atoms with van der Waals surface area (Å²) >= 11 is 5.98. The Morgan fingerprint density at radius 2 is 2.27 bits per heavy atom. The van der Waals surface area contributed by atoms with Crippen molar-refractivity contribution in [3.05, 3.63) is 23.2 Å². The quantitative estimate of drug-likeness (QED) is 0.828. The van der Waals surface area contributed by atoms with E-state index in [2.05, 4.69) is 5.32 Å². The van der Waals surface area contributed by atoms with E-state index in [1.165, 1.54) is 0 Å². The summed E-state index contributed by atoms with van der Waals surface area (Å²) in [5, 5.41) is 3.38. The fraction of sp³-hybridized carbons (Fsp3) is 0.533. The summed E-state index contributed by atoms with van der Waals surface area (Å²) in [5.74, 6) is 0.428. The van der Waals surface area contributed by atoms with Gasteiger partial charge in [-0.3, -0.25) is 4.79 Å². The highest BCUT2D eigenvalue weighted by Crippen LogP contribution is 2.29. The maximum atomic E-state index is 12.2. The number of nitrogens with two attached hydrogens (primary N) is 1. The minimum atomic E-state index is -0.462. The summed E-state index contributed by atoms with van der Waals surface area (Å²) in [7, 11) is 0. The van der Waals surface area contributed by atoms with E-state index in [-0.39, 0.29) is 24.4 Å². The number of anilines is 1. The summed E-state index contributed by atoms with van der Waals surface area (Å²) in [6.45, 7) is 3.04. The predicted octanol–water partition coefficient (Wildman–Crippen LogP) is 3.00. The van der Waals surface area contributed by atoms with Crippen LogP contribution in [0, 0.1) is 0 Å². The number of rotatable bonds is 6. The first-order valence-electron chi connectivity index (χ1n) is 7.22. The largest absolute Gasteiger partial charge is 0.491 e. The van der Waals surface area contributed by atoms with E-state index in [0.29, 0.717) is 36.0 Å². The van der Waals surface area contributed by atoms with Crippen molar-refractivity contribution in [3.8, 4) is 5.75 Å². The summed E-state index contributed by atoms with van der Waals surface area (Å²) in [6, 6.07) is 5.17. The van der Waals surface area contributed by atoms with Gasteiger partial charge in [-0.05, 0) is 37.5 Å². The lowest BCUT2D eigenvalue weighted by molar-refractivity contribution is -0.126. The van der Waals surface area contributed by atoms with E-state index >= 15 is 0 Å². The zero-order valence-corrected chi connectivity index (χ0v) is 14.1. The summed E-state index contributed by atoms with van der Waals surface area (Å²) in [4.78, 5) is 12.2. The molecular formula is C15H22Cl2N2O3. The third kappa shape index (κ3) is 5.02. The molecule has 0 aromatic heterocycles. The lowest BCUT2D eigenvalue weighted by atomic mass is 10.2. The SMILES string of the molecule is CCCOc1ccc(Cl)cc1NC(=O)[C@@H]1CC[C@H](CN)O1.Cl. The first-order valence-corrected chi connectivity index (χ1v) is 7.60. The molecule has 0 radical (unpaired) electrons. The van der Waals surface area contributed by atoms with Gasteiger partial charge in [-0.2, -0.15) is 0 Å². The van der Waals surface area contributed by atoms with Crippen LogP contribution in [0.15, 0.2) is 18.2 Å². The van der Waals surface area contributed by atoms with Crippen molar-refractivity contribution < 1.29 is 14.3 Å². The Morgan fingerprint density at radius 1 is 1.50 bits per heavy atom. The third-order valence-corrected chi connectivity index (χ3v) is 3.56. The molecule has 2 atom stereocenters. The van der Waals surface area contributed by atoms with Crippen molar-refractivity contribution in [2.45, 2.75) is 38.4 Å². The molecule has 0 unspecified atom stereocenters.